The van der Waals surface area contributed by atoms with Crippen LogP contribution >= 0.6 is 0 Å². The van der Waals surface area contributed by atoms with E-state index in [4.69, 9.17) is 10.5 Å². The van der Waals surface area contributed by atoms with Crippen LogP contribution in [-0.4, -0.2) is 4.98 Å². The maximum atomic E-state index is 5.82. The average molecular weight is 242 g/mol. The minimum Gasteiger partial charge on any atom is -0.473 e. The number of rotatable bonds is 4. The summed E-state index contributed by atoms with van der Waals surface area (Å²) in [7, 11) is 0. The lowest BCUT2D eigenvalue weighted by Gasteiger charge is -2.11. The molecule has 1 atom stereocenters. The molecule has 1 heterocycles. The van der Waals surface area contributed by atoms with Gasteiger partial charge in [0.1, 0.15) is 6.61 Å². The van der Waals surface area contributed by atoms with E-state index in [0.717, 1.165) is 16.7 Å². The topological polar surface area (TPSA) is 48.1 Å². The van der Waals surface area contributed by atoms with Crippen LogP contribution in [0.25, 0.3) is 0 Å². The molecule has 3 heteroatoms. The van der Waals surface area contributed by atoms with E-state index >= 15 is 0 Å². The summed E-state index contributed by atoms with van der Waals surface area (Å²) in [5.41, 5.74) is 8.99. The Morgan fingerprint density at radius 1 is 1.28 bits per heavy atom. The van der Waals surface area contributed by atoms with Crippen LogP contribution in [0.3, 0.4) is 0 Å². The Hall–Kier alpha value is -1.87. The summed E-state index contributed by atoms with van der Waals surface area (Å²) in [6.45, 7) is 4.46. The van der Waals surface area contributed by atoms with Crippen molar-refractivity contribution in [3.05, 3.63) is 59.3 Å². The van der Waals surface area contributed by atoms with Crippen molar-refractivity contribution < 1.29 is 4.74 Å². The van der Waals surface area contributed by atoms with Crippen molar-refractivity contribution in [3.63, 3.8) is 0 Å². The van der Waals surface area contributed by atoms with Crippen LogP contribution in [0.5, 0.6) is 5.88 Å². The Morgan fingerprint density at radius 3 is 2.61 bits per heavy atom. The van der Waals surface area contributed by atoms with Gasteiger partial charge < -0.3 is 10.5 Å². The Morgan fingerprint density at radius 2 is 2.00 bits per heavy atom. The third kappa shape index (κ3) is 3.08. The van der Waals surface area contributed by atoms with Gasteiger partial charge in [-0.15, -0.1) is 0 Å². The summed E-state index contributed by atoms with van der Waals surface area (Å²) in [4.78, 5) is 4.31. The molecule has 0 saturated carbocycles. The number of nitrogens with two attached hydrogens (primary N) is 1. The van der Waals surface area contributed by atoms with Crippen molar-refractivity contribution >= 4 is 0 Å². The predicted octanol–water partition coefficient (Wildman–Crippen LogP) is 2.99. The molecule has 3 nitrogen and oxygen atoms in total. The molecular weight excluding hydrogens is 224 g/mol. The van der Waals surface area contributed by atoms with E-state index in [-0.39, 0.29) is 6.04 Å². The fraction of sp³-hybridized carbons (Fsp3) is 0.267. The Kier molecular flexibility index (Phi) is 3.95. The first kappa shape index (κ1) is 12.6. The molecule has 1 aromatic heterocycles. The van der Waals surface area contributed by atoms with Gasteiger partial charge in [-0.25, -0.2) is 4.98 Å². The molecular formula is C15H18N2O. The normalized spacial score (nSPS) is 12.2. The van der Waals surface area contributed by atoms with Crippen LogP contribution in [-0.2, 0) is 6.61 Å². The quantitative estimate of drug-likeness (QED) is 0.896. The molecule has 2 rings (SSSR count). The highest BCUT2D eigenvalue weighted by Crippen LogP contribution is 2.19. The number of ether oxygens (including phenoxy) is 1. The lowest BCUT2D eigenvalue weighted by Crippen LogP contribution is -2.07. The summed E-state index contributed by atoms with van der Waals surface area (Å²) in [6.07, 6.45) is 1.78. The monoisotopic (exact) mass is 242 g/mol. The Bertz CT molecular complexity index is 509. The highest BCUT2D eigenvalue weighted by Gasteiger charge is 2.06. The number of nitrogens with zero attached hydrogens (tertiary/aromatic N) is 1. The lowest BCUT2D eigenvalue weighted by atomic mass is 10.1. The fourth-order valence-electron chi connectivity index (χ4n) is 1.71. The summed E-state index contributed by atoms with van der Waals surface area (Å²) >= 11 is 0. The first-order valence-corrected chi connectivity index (χ1v) is 6.05. The third-order valence-corrected chi connectivity index (χ3v) is 2.80. The third-order valence-electron chi connectivity index (χ3n) is 2.80. The summed E-state index contributed by atoms with van der Waals surface area (Å²) in [5.74, 6) is 0.670. The minimum atomic E-state index is -0.000580. The predicted molar refractivity (Wildman–Crippen MR) is 72.4 cm³/mol. The van der Waals surface area contributed by atoms with Crippen LogP contribution in [0.15, 0.2) is 42.6 Å². The molecule has 2 N–H and O–H groups in total. The maximum Gasteiger partial charge on any atom is 0.216 e. The van der Waals surface area contributed by atoms with E-state index in [2.05, 4.69) is 4.98 Å². The number of hydrogen-bond acceptors (Lipinski definition) is 3. The average Bonchev–Trinajstić information content (AvgIpc) is 2.38. The molecule has 2 aromatic rings. The second-order valence-electron chi connectivity index (χ2n) is 4.45. The number of pyridine rings is 1. The van der Waals surface area contributed by atoms with Crippen molar-refractivity contribution in [1.29, 1.82) is 0 Å². The van der Waals surface area contributed by atoms with E-state index in [9.17, 15) is 0 Å². The van der Waals surface area contributed by atoms with Crippen LogP contribution < -0.4 is 10.5 Å². The highest BCUT2D eigenvalue weighted by atomic mass is 16.5. The Labute approximate surface area is 108 Å². The van der Waals surface area contributed by atoms with Gasteiger partial charge in [0.25, 0.3) is 0 Å². The number of benzene rings is 1. The van der Waals surface area contributed by atoms with Crippen molar-refractivity contribution in [3.8, 4) is 5.88 Å². The first-order valence-electron chi connectivity index (χ1n) is 6.05. The molecule has 18 heavy (non-hydrogen) atoms. The second kappa shape index (κ2) is 5.65. The molecule has 1 aromatic carbocycles. The Balaban J connectivity index is 2.06. The van der Waals surface area contributed by atoms with E-state index in [1.165, 1.54) is 0 Å². The van der Waals surface area contributed by atoms with Gasteiger partial charge in [0.2, 0.25) is 5.88 Å². The molecule has 0 aliphatic heterocycles. The van der Waals surface area contributed by atoms with Crippen molar-refractivity contribution in [2.75, 3.05) is 0 Å². The summed E-state index contributed by atoms with van der Waals surface area (Å²) < 4.78 is 5.71. The van der Waals surface area contributed by atoms with Gasteiger partial charge in [0.05, 0.1) is 0 Å². The van der Waals surface area contributed by atoms with Crippen LogP contribution in [0, 0.1) is 6.92 Å². The SMILES string of the molecule is Cc1cc([C@H](C)N)cnc1OCc1ccccc1. The van der Waals surface area contributed by atoms with Crippen LogP contribution in [0.4, 0.5) is 0 Å². The van der Waals surface area contributed by atoms with Gasteiger partial charge in [-0.3, -0.25) is 0 Å². The summed E-state index contributed by atoms with van der Waals surface area (Å²) in [6, 6.07) is 12.1. The van der Waals surface area contributed by atoms with Crippen LogP contribution in [0.1, 0.15) is 29.7 Å². The van der Waals surface area contributed by atoms with E-state index in [1.54, 1.807) is 6.20 Å². The molecule has 0 bridgehead atoms. The number of hydrogen-bond donors (Lipinski definition) is 1. The maximum absolute atomic E-state index is 5.82. The molecule has 0 fully saturated rings. The van der Waals surface area contributed by atoms with Crippen LogP contribution in [0.2, 0.25) is 0 Å². The number of aromatic nitrogens is 1. The van der Waals surface area contributed by atoms with E-state index < -0.39 is 0 Å². The van der Waals surface area contributed by atoms with Gasteiger partial charge in [-0.1, -0.05) is 30.3 Å². The molecule has 0 aliphatic carbocycles. The molecule has 0 aliphatic rings. The molecule has 94 valence electrons. The zero-order chi connectivity index (χ0) is 13.0. The van der Waals surface area contributed by atoms with E-state index in [0.29, 0.717) is 12.5 Å². The van der Waals surface area contributed by atoms with Crippen molar-refractivity contribution in [2.45, 2.75) is 26.5 Å². The highest BCUT2D eigenvalue weighted by molar-refractivity contribution is 5.30. The van der Waals surface area contributed by atoms with Gasteiger partial charge in [0, 0.05) is 17.8 Å². The number of aryl methyl sites for hydroxylation is 1. The molecule has 0 amide bonds. The summed E-state index contributed by atoms with van der Waals surface area (Å²) in [5, 5.41) is 0. The second-order valence-corrected chi connectivity index (χ2v) is 4.45. The standard InChI is InChI=1S/C15H18N2O/c1-11-8-14(12(2)16)9-17-15(11)18-10-13-6-4-3-5-7-13/h3-9,12H,10,16H2,1-2H3/t12-/m0/s1. The smallest absolute Gasteiger partial charge is 0.216 e. The van der Waals surface area contributed by atoms with E-state index in [1.807, 2.05) is 50.2 Å². The van der Waals surface area contributed by atoms with Gasteiger partial charge in [0.15, 0.2) is 0 Å². The molecule has 0 unspecified atom stereocenters. The zero-order valence-corrected chi connectivity index (χ0v) is 10.8. The molecule has 0 spiro atoms. The van der Waals surface area contributed by atoms with Gasteiger partial charge in [-0.05, 0) is 31.0 Å². The zero-order valence-electron chi connectivity index (χ0n) is 10.8. The van der Waals surface area contributed by atoms with Gasteiger partial charge in [-0.2, -0.15) is 0 Å². The largest absolute Gasteiger partial charge is 0.473 e. The minimum absolute atomic E-state index is 0.000580. The van der Waals surface area contributed by atoms with Crippen molar-refractivity contribution in [1.82, 2.24) is 4.98 Å². The molecule has 0 radical (unpaired) electrons. The fourth-order valence-corrected chi connectivity index (χ4v) is 1.71. The van der Waals surface area contributed by atoms with Crippen molar-refractivity contribution in [2.24, 2.45) is 5.73 Å². The van der Waals surface area contributed by atoms with Gasteiger partial charge >= 0.3 is 0 Å². The molecule has 0 saturated heterocycles. The first-order chi connectivity index (χ1) is 8.66. The lowest BCUT2D eigenvalue weighted by molar-refractivity contribution is 0.291.